The third kappa shape index (κ3) is 2.63. The predicted octanol–water partition coefficient (Wildman–Crippen LogP) is 4.74. The van der Waals surface area contributed by atoms with E-state index in [1.54, 1.807) is 23.9 Å². The number of hydrogen-bond acceptors (Lipinski definition) is 2. The number of aliphatic hydroxyl groups excluding tert-OH is 1. The van der Waals surface area contributed by atoms with Gasteiger partial charge in [-0.15, -0.1) is 11.8 Å². The molecule has 2 aromatic rings. The second kappa shape index (κ2) is 5.37. The van der Waals surface area contributed by atoms with E-state index in [1.807, 2.05) is 18.2 Å². The lowest BCUT2D eigenvalue weighted by molar-refractivity contribution is 0.175. The van der Waals surface area contributed by atoms with E-state index in [-0.39, 0.29) is 5.25 Å². The van der Waals surface area contributed by atoms with Crippen LogP contribution in [0.1, 0.15) is 17.2 Å². The van der Waals surface area contributed by atoms with Gasteiger partial charge < -0.3 is 5.11 Å². The quantitative estimate of drug-likeness (QED) is 0.864. The number of thioether (sulfide) groups is 1. The van der Waals surface area contributed by atoms with Gasteiger partial charge in [0.2, 0.25) is 0 Å². The summed E-state index contributed by atoms with van der Waals surface area (Å²) in [6, 6.07) is 13.6. The molecule has 2 unspecified atom stereocenters. The number of rotatable bonds is 2. The van der Waals surface area contributed by atoms with Crippen LogP contribution in [0, 0.1) is 0 Å². The smallest absolute Gasteiger partial charge is 0.0915 e. The van der Waals surface area contributed by atoms with Crippen LogP contribution in [0.5, 0.6) is 0 Å². The lowest BCUT2D eigenvalue weighted by atomic mass is 10.0. The van der Waals surface area contributed by atoms with E-state index in [4.69, 9.17) is 23.2 Å². The molecule has 0 spiro atoms. The van der Waals surface area contributed by atoms with Gasteiger partial charge in [0, 0.05) is 10.1 Å². The Balaban J connectivity index is 1.82. The molecule has 0 saturated heterocycles. The first-order valence-electron chi connectivity index (χ1n) is 6.03. The van der Waals surface area contributed by atoms with E-state index in [0.29, 0.717) is 10.0 Å². The Morgan fingerprint density at radius 2 is 1.89 bits per heavy atom. The molecular formula is C15H12Cl2OS. The molecule has 0 aromatic heterocycles. The third-order valence-corrected chi connectivity index (χ3v) is 5.43. The summed E-state index contributed by atoms with van der Waals surface area (Å²) in [6.45, 7) is 0. The molecule has 98 valence electrons. The molecule has 0 radical (unpaired) electrons. The Morgan fingerprint density at radius 3 is 2.63 bits per heavy atom. The van der Waals surface area contributed by atoms with Crippen LogP contribution in [0.2, 0.25) is 10.0 Å². The fourth-order valence-electron chi connectivity index (χ4n) is 2.30. The molecule has 1 aliphatic rings. The van der Waals surface area contributed by atoms with Crippen molar-refractivity contribution >= 4 is 35.0 Å². The fraction of sp³-hybridized carbons (Fsp3) is 0.200. The number of benzene rings is 2. The van der Waals surface area contributed by atoms with Gasteiger partial charge in [-0.3, -0.25) is 0 Å². The van der Waals surface area contributed by atoms with Crippen molar-refractivity contribution in [2.45, 2.75) is 22.7 Å². The Bertz CT molecular complexity index is 590. The first-order chi connectivity index (χ1) is 9.15. The van der Waals surface area contributed by atoms with Gasteiger partial charge in [0.05, 0.1) is 16.1 Å². The van der Waals surface area contributed by atoms with Crippen LogP contribution in [-0.2, 0) is 6.42 Å². The molecule has 1 heterocycles. The summed E-state index contributed by atoms with van der Waals surface area (Å²) >= 11 is 13.6. The second-order valence-corrected chi connectivity index (χ2v) is 6.68. The van der Waals surface area contributed by atoms with E-state index in [9.17, 15) is 5.11 Å². The molecule has 1 N–H and O–H groups in total. The fourth-order valence-corrected chi connectivity index (χ4v) is 3.94. The van der Waals surface area contributed by atoms with Crippen LogP contribution >= 0.6 is 35.0 Å². The maximum atomic E-state index is 10.5. The Labute approximate surface area is 126 Å². The highest BCUT2D eigenvalue weighted by atomic mass is 35.5. The molecule has 0 aliphatic carbocycles. The van der Waals surface area contributed by atoms with Gasteiger partial charge in [-0.1, -0.05) is 47.5 Å². The summed E-state index contributed by atoms with van der Waals surface area (Å²) in [4.78, 5) is 1.26. The van der Waals surface area contributed by atoms with Crippen molar-refractivity contribution in [3.8, 4) is 0 Å². The zero-order chi connectivity index (χ0) is 13.4. The summed E-state index contributed by atoms with van der Waals surface area (Å²) < 4.78 is 0. The van der Waals surface area contributed by atoms with Gasteiger partial charge in [0.25, 0.3) is 0 Å². The van der Waals surface area contributed by atoms with Crippen molar-refractivity contribution in [1.29, 1.82) is 0 Å². The molecule has 2 atom stereocenters. The maximum absolute atomic E-state index is 10.5. The van der Waals surface area contributed by atoms with Gasteiger partial charge in [0.1, 0.15) is 0 Å². The number of halogens is 2. The van der Waals surface area contributed by atoms with E-state index >= 15 is 0 Å². The van der Waals surface area contributed by atoms with Crippen LogP contribution in [0.15, 0.2) is 47.4 Å². The van der Waals surface area contributed by atoms with Crippen molar-refractivity contribution in [2.75, 3.05) is 0 Å². The molecule has 19 heavy (non-hydrogen) atoms. The minimum atomic E-state index is -0.535. The lowest BCUT2D eigenvalue weighted by Gasteiger charge is -2.17. The Morgan fingerprint density at radius 1 is 1.11 bits per heavy atom. The second-order valence-electron chi connectivity index (χ2n) is 4.59. The average molecular weight is 311 g/mol. The standard InChI is InChI=1S/C15H12Cl2OS/c16-11-6-5-10(7-12(11)17)15(18)14-8-9-3-1-2-4-13(9)19-14/h1-7,14-15,18H,8H2. The van der Waals surface area contributed by atoms with Crippen LogP contribution < -0.4 is 0 Å². The molecule has 0 amide bonds. The number of hydrogen-bond donors (Lipinski definition) is 1. The number of aliphatic hydroxyl groups is 1. The average Bonchev–Trinajstić information content (AvgIpc) is 2.85. The topological polar surface area (TPSA) is 20.2 Å². The Kier molecular flexibility index (Phi) is 3.77. The predicted molar refractivity (Wildman–Crippen MR) is 81.2 cm³/mol. The molecule has 0 bridgehead atoms. The van der Waals surface area contributed by atoms with Gasteiger partial charge in [-0.25, -0.2) is 0 Å². The summed E-state index contributed by atoms with van der Waals surface area (Å²) in [7, 11) is 0. The van der Waals surface area contributed by atoms with Crippen LogP contribution in [-0.4, -0.2) is 10.4 Å². The van der Waals surface area contributed by atoms with Crippen molar-refractivity contribution in [2.24, 2.45) is 0 Å². The van der Waals surface area contributed by atoms with Crippen LogP contribution in [0.25, 0.3) is 0 Å². The maximum Gasteiger partial charge on any atom is 0.0915 e. The zero-order valence-electron chi connectivity index (χ0n) is 10.0. The summed E-state index contributed by atoms with van der Waals surface area (Å²) in [6.07, 6.45) is 0.342. The molecule has 4 heteroatoms. The van der Waals surface area contributed by atoms with Crippen LogP contribution in [0.3, 0.4) is 0 Å². The molecule has 2 aromatic carbocycles. The molecule has 1 nitrogen and oxygen atoms in total. The van der Waals surface area contributed by atoms with Crippen molar-refractivity contribution < 1.29 is 5.11 Å². The minimum absolute atomic E-state index is 0.134. The van der Waals surface area contributed by atoms with Gasteiger partial charge >= 0.3 is 0 Å². The highest BCUT2D eigenvalue weighted by molar-refractivity contribution is 8.00. The zero-order valence-corrected chi connectivity index (χ0v) is 12.3. The molecule has 3 rings (SSSR count). The SMILES string of the molecule is OC(c1ccc(Cl)c(Cl)c1)C1Cc2ccccc2S1. The van der Waals surface area contributed by atoms with Gasteiger partial charge in [-0.2, -0.15) is 0 Å². The highest BCUT2D eigenvalue weighted by Gasteiger charge is 2.29. The van der Waals surface area contributed by atoms with Crippen LogP contribution in [0.4, 0.5) is 0 Å². The number of fused-ring (bicyclic) bond motifs is 1. The molecular weight excluding hydrogens is 299 g/mol. The van der Waals surface area contributed by atoms with Crippen molar-refractivity contribution in [3.05, 3.63) is 63.6 Å². The van der Waals surface area contributed by atoms with E-state index in [0.717, 1.165) is 12.0 Å². The highest BCUT2D eigenvalue weighted by Crippen LogP contribution is 2.43. The first-order valence-corrected chi connectivity index (χ1v) is 7.66. The molecule has 1 aliphatic heterocycles. The Hall–Kier alpha value is -0.670. The normalized spacial score (nSPS) is 19.2. The lowest BCUT2D eigenvalue weighted by Crippen LogP contribution is -2.14. The van der Waals surface area contributed by atoms with Crippen molar-refractivity contribution in [1.82, 2.24) is 0 Å². The van der Waals surface area contributed by atoms with E-state index in [1.165, 1.54) is 10.5 Å². The molecule has 0 saturated carbocycles. The summed E-state index contributed by atoms with van der Waals surface area (Å²) in [5.74, 6) is 0. The molecule has 0 fully saturated rings. The largest absolute Gasteiger partial charge is 0.387 e. The minimum Gasteiger partial charge on any atom is -0.387 e. The first kappa shape index (κ1) is 13.3. The van der Waals surface area contributed by atoms with E-state index < -0.39 is 6.10 Å². The summed E-state index contributed by atoms with van der Waals surface area (Å²) in [5, 5.41) is 11.6. The van der Waals surface area contributed by atoms with Crippen molar-refractivity contribution in [3.63, 3.8) is 0 Å². The summed E-state index contributed by atoms with van der Waals surface area (Å²) in [5.41, 5.74) is 2.12. The van der Waals surface area contributed by atoms with Gasteiger partial charge in [0.15, 0.2) is 0 Å². The monoisotopic (exact) mass is 310 g/mol. The van der Waals surface area contributed by atoms with Gasteiger partial charge in [-0.05, 0) is 35.7 Å². The third-order valence-electron chi connectivity index (χ3n) is 3.31. The van der Waals surface area contributed by atoms with E-state index in [2.05, 4.69) is 12.1 Å².